The summed E-state index contributed by atoms with van der Waals surface area (Å²) in [5.74, 6) is 0.887. The molecule has 0 saturated carbocycles. The third kappa shape index (κ3) is 3.83. The highest BCUT2D eigenvalue weighted by atomic mass is 16.5. The van der Waals surface area contributed by atoms with Crippen LogP contribution in [-0.2, 0) is 0 Å². The van der Waals surface area contributed by atoms with Gasteiger partial charge in [-0.25, -0.2) is 0 Å². The minimum Gasteiger partial charge on any atom is -0.490 e. The first-order valence-electron chi connectivity index (χ1n) is 5.73. The highest BCUT2D eigenvalue weighted by Gasteiger charge is 2.07. The van der Waals surface area contributed by atoms with E-state index in [1.807, 2.05) is 39.0 Å². The quantitative estimate of drug-likeness (QED) is 0.770. The Morgan fingerprint density at radius 1 is 1.31 bits per heavy atom. The van der Waals surface area contributed by atoms with E-state index in [9.17, 15) is 5.11 Å². The van der Waals surface area contributed by atoms with E-state index in [0.717, 1.165) is 23.4 Å². The van der Waals surface area contributed by atoms with E-state index in [0.29, 0.717) is 13.2 Å². The second kappa shape index (κ2) is 6.51. The Morgan fingerprint density at radius 3 is 2.50 bits per heavy atom. The number of aryl methyl sites for hydroxylation is 2. The van der Waals surface area contributed by atoms with Crippen molar-refractivity contribution in [1.82, 2.24) is 5.32 Å². The Bertz CT molecular complexity index is 305. The van der Waals surface area contributed by atoms with Gasteiger partial charge in [-0.1, -0.05) is 25.1 Å². The van der Waals surface area contributed by atoms with Gasteiger partial charge in [-0.3, -0.25) is 0 Å². The molecule has 3 nitrogen and oxygen atoms in total. The first-order chi connectivity index (χ1) is 7.65. The fourth-order valence-corrected chi connectivity index (χ4v) is 1.58. The van der Waals surface area contributed by atoms with Crippen molar-refractivity contribution in [3.05, 3.63) is 29.3 Å². The van der Waals surface area contributed by atoms with E-state index >= 15 is 0 Å². The van der Waals surface area contributed by atoms with Gasteiger partial charge in [-0.2, -0.15) is 0 Å². The van der Waals surface area contributed by atoms with Gasteiger partial charge in [0.25, 0.3) is 0 Å². The highest BCUT2D eigenvalue weighted by Crippen LogP contribution is 2.22. The molecule has 0 spiro atoms. The highest BCUT2D eigenvalue weighted by molar-refractivity contribution is 5.39. The number of ether oxygens (including phenoxy) is 1. The number of aliphatic hydroxyl groups is 1. The van der Waals surface area contributed by atoms with Gasteiger partial charge in [0.1, 0.15) is 18.5 Å². The van der Waals surface area contributed by atoms with E-state index in [1.54, 1.807) is 0 Å². The Balaban J connectivity index is 2.48. The fourth-order valence-electron chi connectivity index (χ4n) is 1.58. The van der Waals surface area contributed by atoms with Crippen molar-refractivity contribution in [3.63, 3.8) is 0 Å². The zero-order valence-electron chi connectivity index (χ0n) is 10.3. The Kier molecular flexibility index (Phi) is 5.29. The number of rotatable bonds is 6. The molecule has 0 heterocycles. The third-order valence-electron chi connectivity index (χ3n) is 2.46. The zero-order chi connectivity index (χ0) is 12.0. The minimum atomic E-state index is -0.459. The van der Waals surface area contributed by atoms with Crippen LogP contribution >= 0.6 is 0 Å². The van der Waals surface area contributed by atoms with Crippen molar-refractivity contribution in [3.8, 4) is 5.75 Å². The molecule has 0 aliphatic carbocycles. The lowest BCUT2D eigenvalue weighted by Crippen LogP contribution is -2.31. The molecule has 2 N–H and O–H groups in total. The molecular formula is C13H21NO2. The van der Waals surface area contributed by atoms with Crippen molar-refractivity contribution < 1.29 is 9.84 Å². The predicted molar refractivity (Wildman–Crippen MR) is 66.0 cm³/mol. The second-order valence-electron chi connectivity index (χ2n) is 3.99. The van der Waals surface area contributed by atoms with E-state index in [1.165, 1.54) is 0 Å². The van der Waals surface area contributed by atoms with Crippen LogP contribution in [0.2, 0.25) is 0 Å². The summed E-state index contributed by atoms with van der Waals surface area (Å²) in [6.45, 7) is 7.80. The van der Waals surface area contributed by atoms with Gasteiger partial charge in [-0.15, -0.1) is 0 Å². The number of aliphatic hydroxyl groups excluding tert-OH is 1. The SMILES string of the molecule is CCNCC(O)COc1c(C)cccc1C. The van der Waals surface area contributed by atoms with E-state index < -0.39 is 6.10 Å². The van der Waals surface area contributed by atoms with Crippen molar-refractivity contribution in [2.75, 3.05) is 19.7 Å². The van der Waals surface area contributed by atoms with Gasteiger partial charge in [0, 0.05) is 6.54 Å². The average molecular weight is 223 g/mol. The van der Waals surface area contributed by atoms with Crippen LogP contribution < -0.4 is 10.1 Å². The van der Waals surface area contributed by atoms with Crippen LogP contribution in [0.15, 0.2) is 18.2 Å². The van der Waals surface area contributed by atoms with Crippen molar-refractivity contribution in [2.45, 2.75) is 26.9 Å². The third-order valence-corrected chi connectivity index (χ3v) is 2.46. The summed E-state index contributed by atoms with van der Waals surface area (Å²) in [6, 6.07) is 6.03. The van der Waals surface area contributed by atoms with Crippen LogP contribution in [0.3, 0.4) is 0 Å². The molecule has 0 aliphatic rings. The normalized spacial score (nSPS) is 12.5. The van der Waals surface area contributed by atoms with Crippen LogP contribution in [0.1, 0.15) is 18.1 Å². The number of hydrogen-bond acceptors (Lipinski definition) is 3. The zero-order valence-corrected chi connectivity index (χ0v) is 10.3. The van der Waals surface area contributed by atoms with E-state index in [-0.39, 0.29) is 0 Å². The molecule has 0 amide bonds. The first kappa shape index (κ1) is 13.0. The molecule has 1 unspecified atom stereocenters. The first-order valence-corrected chi connectivity index (χ1v) is 5.73. The molecule has 1 aromatic carbocycles. The maximum atomic E-state index is 9.64. The number of hydrogen-bond donors (Lipinski definition) is 2. The van der Waals surface area contributed by atoms with Gasteiger partial charge in [-0.05, 0) is 31.5 Å². The Labute approximate surface area is 97.4 Å². The molecule has 0 aliphatic heterocycles. The molecular weight excluding hydrogens is 202 g/mol. The molecule has 16 heavy (non-hydrogen) atoms. The Morgan fingerprint density at radius 2 is 1.94 bits per heavy atom. The minimum absolute atomic E-state index is 0.332. The van der Waals surface area contributed by atoms with Gasteiger partial charge >= 0.3 is 0 Å². The molecule has 0 saturated heterocycles. The number of likely N-dealkylation sites (N-methyl/N-ethyl adjacent to an activating group) is 1. The molecule has 0 bridgehead atoms. The van der Waals surface area contributed by atoms with Gasteiger partial charge < -0.3 is 15.2 Å². The van der Waals surface area contributed by atoms with Crippen LogP contribution in [0, 0.1) is 13.8 Å². The molecule has 3 heteroatoms. The molecule has 0 aromatic heterocycles. The van der Waals surface area contributed by atoms with Gasteiger partial charge in [0.15, 0.2) is 0 Å². The van der Waals surface area contributed by atoms with Crippen LogP contribution in [-0.4, -0.2) is 30.9 Å². The monoisotopic (exact) mass is 223 g/mol. The summed E-state index contributed by atoms with van der Waals surface area (Å²) in [5, 5.41) is 12.7. The molecule has 0 fully saturated rings. The summed E-state index contributed by atoms with van der Waals surface area (Å²) in [7, 11) is 0. The largest absolute Gasteiger partial charge is 0.490 e. The molecule has 1 rings (SSSR count). The lowest BCUT2D eigenvalue weighted by Gasteiger charge is -2.15. The summed E-state index contributed by atoms with van der Waals surface area (Å²) in [4.78, 5) is 0. The average Bonchev–Trinajstić information content (AvgIpc) is 2.25. The fraction of sp³-hybridized carbons (Fsp3) is 0.538. The predicted octanol–water partition coefficient (Wildman–Crippen LogP) is 1.65. The van der Waals surface area contributed by atoms with Crippen LogP contribution in [0.5, 0.6) is 5.75 Å². The van der Waals surface area contributed by atoms with Crippen molar-refractivity contribution in [1.29, 1.82) is 0 Å². The summed E-state index contributed by atoms with van der Waals surface area (Å²) >= 11 is 0. The van der Waals surface area contributed by atoms with Crippen LogP contribution in [0.4, 0.5) is 0 Å². The standard InChI is InChI=1S/C13H21NO2/c1-4-14-8-12(15)9-16-13-10(2)6-5-7-11(13)3/h5-7,12,14-15H,4,8-9H2,1-3H3. The van der Waals surface area contributed by atoms with Crippen molar-refractivity contribution in [2.24, 2.45) is 0 Å². The maximum absolute atomic E-state index is 9.64. The van der Waals surface area contributed by atoms with Crippen LogP contribution in [0.25, 0.3) is 0 Å². The maximum Gasteiger partial charge on any atom is 0.125 e. The summed E-state index contributed by atoms with van der Waals surface area (Å²) < 4.78 is 5.64. The molecule has 90 valence electrons. The van der Waals surface area contributed by atoms with E-state index in [2.05, 4.69) is 5.32 Å². The lowest BCUT2D eigenvalue weighted by molar-refractivity contribution is 0.106. The summed E-state index contributed by atoms with van der Waals surface area (Å²) in [6.07, 6.45) is -0.459. The second-order valence-corrected chi connectivity index (χ2v) is 3.99. The number of benzene rings is 1. The molecule has 1 atom stereocenters. The van der Waals surface area contributed by atoms with E-state index in [4.69, 9.17) is 4.74 Å². The molecule has 1 aromatic rings. The number of nitrogens with one attached hydrogen (secondary N) is 1. The number of para-hydroxylation sites is 1. The van der Waals surface area contributed by atoms with Gasteiger partial charge in [0.2, 0.25) is 0 Å². The summed E-state index contributed by atoms with van der Waals surface area (Å²) in [5.41, 5.74) is 2.21. The van der Waals surface area contributed by atoms with Crippen molar-refractivity contribution >= 4 is 0 Å². The molecule has 0 radical (unpaired) electrons. The van der Waals surface area contributed by atoms with Gasteiger partial charge in [0.05, 0.1) is 0 Å². The Hall–Kier alpha value is -1.06. The smallest absolute Gasteiger partial charge is 0.125 e. The topological polar surface area (TPSA) is 41.5 Å². The lowest BCUT2D eigenvalue weighted by atomic mass is 10.1.